The van der Waals surface area contributed by atoms with Crippen LogP contribution in [-0.4, -0.2) is 48.5 Å². The molecule has 0 unspecified atom stereocenters. The molecule has 6 nitrogen and oxygen atoms in total. The van der Waals surface area contributed by atoms with Crippen LogP contribution in [-0.2, 0) is 20.8 Å². The Labute approximate surface area is 209 Å². The van der Waals surface area contributed by atoms with Gasteiger partial charge in [-0.15, -0.1) is 0 Å². The molecule has 7 heteroatoms. The van der Waals surface area contributed by atoms with Crippen LogP contribution in [0.4, 0.5) is 4.39 Å². The summed E-state index contributed by atoms with van der Waals surface area (Å²) in [6.07, 6.45) is 6.00. The SMILES string of the molecule is CC(C)C[C@H]1C(=O)N[C@H](C(=O)CCCCCCCF)Cc2ccc(cc2)OCCC[C@@H]1C(=O)CO. The first-order valence-electron chi connectivity index (χ1n) is 13.1. The molecule has 2 bridgehead atoms. The van der Waals surface area contributed by atoms with E-state index in [0.29, 0.717) is 51.6 Å². The lowest BCUT2D eigenvalue weighted by molar-refractivity contribution is -0.137. The van der Waals surface area contributed by atoms with Gasteiger partial charge in [0.2, 0.25) is 5.91 Å². The highest BCUT2D eigenvalue weighted by atomic mass is 19.1. The van der Waals surface area contributed by atoms with E-state index in [0.717, 1.165) is 30.6 Å². The van der Waals surface area contributed by atoms with Gasteiger partial charge in [0, 0.05) is 18.3 Å². The Morgan fingerprint density at radius 3 is 2.43 bits per heavy atom. The topological polar surface area (TPSA) is 92.7 Å². The predicted molar refractivity (Wildman–Crippen MR) is 134 cm³/mol. The van der Waals surface area contributed by atoms with Gasteiger partial charge in [0.15, 0.2) is 11.6 Å². The molecule has 2 N–H and O–H groups in total. The van der Waals surface area contributed by atoms with Crippen molar-refractivity contribution >= 4 is 17.5 Å². The number of hydrogen-bond donors (Lipinski definition) is 2. The third-order valence-corrected chi connectivity index (χ3v) is 6.67. The molecule has 0 aromatic heterocycles. The second-order valence-corrected chi connectivity index (χ2v) is 10.0. The third-order valence-electron chi connectivity index (χ3n) is 6.67. The van der Waals surface area contributed by atoms with Gasteiger partial charge < -0.3 is 15.2 Å². The number of carbonyl (C=O) groups excluding carboxylic acids is 3. The van der Waals surface area contributed by atoms with Crippen molar-refractivity contribution in [2.75, 3.05) is 19.9 Å². The van der Waals surface area contributed by atoms with Gasteiger partial charge >= 0.3 is 0 Å². The number of aliphatic hydroxyl groups excluding tert-OH is 1. The zero-order valence-corrected chi connectivity index (χ0v) is 21.3. The first-order chi connectivity index (χ1) is 16.8. The van der Waals surface area contributed by atoms with Crippen LogP contribution in [0, 0.1) is 17.8 Å². The minimum absolute atomic E-state index is 0.0374. The van der Waals surface area contributed by atoms with Crippen molar-refractivity contribution in [2.45, 2.75) is 84.1 Å². The lowest BCUT2D eigenvalue weighted by Crippen LogP contribution is -2.48. The maximum atomic E-state index is 13.5. The summed E-state index contributed by atoms with van der Waals surface area (Å²) >= 11 is 0. The van der Waals surface area contributed by atoms with Crippen LogP contribution in [0.15, 0.2) is 24.3 Å². The van der Waals surface area contributed by atoms with E-state index in [9.17, 15) is 23.9 Å². The molecule has 2 aliphatic heterocycles. The van der Waals surface area contributed by atoms with Gasteiger partial charge in [-0.25, -0.2) is 0 Å². The molecule has 0 aliphatic carbocycles. The Kier molecular flexibility index (Phi) is 13.0. The van der Waals surface area contributed by atoms with E-state index in [1.807, 2.05) is 38.1 Å². The molecule has 0 saturated carbocycles. The number of carbonyl (C=O) groups is 3. The first kappa shape index (κ1) is 29.0. The number of Topliss-reactive ketones (excluding diaryl/α,β-unsaturated/α-hetero) is 2. The molecule has 0 spiro atoms. The molecule has 1 aromatic carbocycles. The van der Waals surface area contributed by atoms with Crippen LogP contribution >= 0.6 is 0 Å². The molecule has 3 atom stereocenters. The average molecular weight is 492 g/mol. The lowest BCUT2D eigenvalue weighted by Gasteiger charge is -2.29. The van der Waals surface area contributed by atoms with E-state index in [1.54, 1.807) is 0 Å². The Morgan fingerprint density at radius 1 is 1.09 bits per heavy atom. The van der Waals surface area contributed by atoms with E-state index >= 15 is 0 Å². The summed E-state index contributed by atoms with van der Waals surface area (Å²) < 4.78 is 18.1. The van der Waals surface area contributed by atoms with Gasteiger partial charge in [0.25, 0.3) is 0 Å². The minimum Gasteiger partial charge on any atom is -0.494 e. The summed E-state index contributed by atoms with van der Waals surface area (Å²) in [4.78, 5) is 39.3. The summed E-state index contributed by atoms with van der Waals surface area (Å²) in [5.74, 6) is -1.05. The molecule has 2 aliphatic rings. The molecule has 35 heavy (non-hydrogen) atoms. The quantitative estimate of drug-likeness (QED) is 0.417. The van der Waals surface area contributed by atoms with Gasteiger partial charge in [-0.1, -0.05) is 45.2 Å². The number of alkyl halides is 1. The van der Waals surface area contributed by atoms with Gasteiger partial charge in [0.05, 0.1) is 19.3 Å². The summed E-state index contributed by atoms with van der Waals surface area (Å²) in [5, 5.41) is 12.6. The van der Waals surface area contributed by atoms with Crippen LogP contribution in [0.5, 0.6) is 5.75 Å². The number of nitrogens with one attached hydrogen (secondary N) is 1. The predicted octanol–water partition coefficient (Wildman–Crippen LogP) is 4.61. The average Bonchev–Trinajstić information content (AvgIpc) is 2.84. The molecule has 1 amide bonds. The van der Waals surface area contributed by atoms with E-state index in [-0.39, 0.29) is 30.1 Å². The maximum absolute atomic E-state index is 13.5. The zero-order valence-electron chi connectivity index (χ0n) is 21.3. The van der Waals surface area contributed by atoms with Crippen molar-refractivity contribution in [1.29, 1.82) is 0 Å². The van der Waals surface area contributed by atoms with E-state index in [2.05, 4.69) is 5.32 Å². The van der Waals surface area contributed by atoms with Crippen molar-refractivity contribution in [1.82, 2.24) is 5.32 Å². The molecule has 0 radical (unpaired) electrons. The number of amides is 1. The number of aliphatic hydroxyl groups is 1. The van der Waals surface area contributed by atoms with Crippen molar-refractivity contribution < 1.29 is 28.6 Å². The van der Waals surface area contributed by atoms with Gasteiger partial charge in [-0.3, -0.25) is 18.8 Å². The second kappa shape index (κ2) is 15.7. The summed E-state index contributed by atoms with van der Waals surface area (Å²) in [5.41, 5.74) is 0.916. The molecule has 2 heterocycles. The van der Waals surface area contributed by atoms with Crippen LogP contribution in [0.2, 0.25) is 0 Å². The largest absolute Gasteiger partial charge is 0.494 e. The number of halogens is 1. The minimum atomic E-state index is -0.692. The van der Waals surface area contributed by atoms with Crippen molar-refractivity contribution in [3.8, 4) is 5.75 Å². The fraction of sp³-hybridized carbons (Fsp3) is 0.679. The van der Waals surface area contributed by atoms with Crippen LogP contribution in [0.1, 0.15) is 77.2 Å². The molecule has 0 saturated heterocycles. The number of benzene rings is 1. The highest BCUT2D eigenvalue weighted by Gasteiger charge is 2.35. The van der Waals surface area contributed by atoms with E-state index < -0.39 is 24.5 Å². The molecule has 1 aromatic rings. The summed E-state index contributed by atoms with van der Waals surface area (Å²) in [6.45, 7) is 3.48. The molecule has 3 rings (SSSR count). The molecular formula is C28H42FNO5. The number of fused-ring (bicyclic) bond motifs is 11. The van der Waals surface area contributed by atoms with E-state index in [1.165, 1.54) is 0 Å². The summed E-state index contributed by atoms with van der Waals surface area (Å²) in [7, 11) is 0. The van der Waals surface area contributed by atoms with Crippen molar-refractivity contribution in [3.05, 3.63) is 29.8 Å². The fourth-order valence-corrected chi connectivity index (χ4v) is 4.74. The Morgan fingerprint density at radius 2 is 1.77 bits per heavy atom. The maximum Gasteiger partial charge on any atom is 0.224 e. The second-order valence-electron chi connectivity index (χ2n) is 10.0. The van der Waals surface area contributed by atoms with Gasteiger partial charge in [-0.2, -0.15) is 0 Å². The van der Waals surface area contributed by atoms with Crippen molar-refractivity contribution in [3.63, 3.8) is 0 Å². The number of unbranched alkanes of at least 4 members (excludes halogenated alkanes) is 4. The molecular weight excluding hydrogens is 449 g/mol. The monoisotopic (exact) mass is 491 g/mol. The number of rotatable bonds is 12. The normalized spacial score (nSPS) is 21.3. The highest BCUT2D eigenvalue weighted by Crippen LogP contribution is 2.27. The zero-order chi connectivity index (χ0) is 25.6. The first-order valence-corrected chi connectivity index (χ1v) is 13.1. The number of ketones is 2. The highest BCUT2D eigenvalue weighted by molar-refractivity contribution is 5.93. The Balaban J connectivity index is 2.24. The number of ether oxygens (including phenoxy) is 1. The molecule has 196 valence electrons. The summed E-state index contributed by atoms with van der Waals surface area (Å²) in [6, 6.07) is 6.84. The van der Waals surface area contributed by atoms with Crippen LogP contribution in [0.25, 0.3) is 0 Å². The Bertz CT molecular complexity index is 795. The third kappa shape index (κ3) is 10.1. The standard InChI is InChI=1S/C28H42FNO5/c1-20(2)17-24-23(27(33)19-31)9-8-16-35-22-13-11-21(12-14-22)18-25(30-28(24)34)26(32)10-6-4-3-5-7-15-29/h11-14,20,23-25,31H,3-10,15-19H2,1-2H3,(H,30,34)/t23-,24+,25-/m0/s1. The fourth-order valence-electron chi connectivity index (χ4n) is 4.74. The van der Waals surface area contributed by atoms with Crippen molar-refractivity contribution in [2.24, 2.45) is 17.8 Å². The smallest absolute Gasteiger partial charge is 0.224 e. The number of hydrogen-bond acceptors (Lipinski definition) is 5. The van der Waals surface area contributed by atoms with Gasteiger partial charge in [0.1, 0.15) is 12.4 Å². The van der Waals surface area contributed by atoms with E-state index in [4.69, 9.17) is 4.74 Å². The van der Waals surface area contributed by atoms with Gasteiger partial charge in [-0.05, 0) is 62.1 Å². The lowest BCUT2D eigenvalue weighted by atomic mass is 9.79. The Hall–Kier alpha value is -2.28. The van der Waals surface area contributed by atoms with Crippen LogP contribution < -0.4 is 10.1 Å². The van der Waals surface area contributed by atoms with Crippen LogP contribution in [0.3, 0.4) is 0 Å². The molecule has 0 fully saturated rings.